The van der Waals surface area contributed by atoms with Crippen LogP contribution in [0.5, 0.6) is 0 Å². The average Bonchev–Trinajstić information content (AvgIpc) is 2.53. The molecule has 0 aliphatic heterocycles. The van der Waals surface area contributed by atoms with Crippen molar-refractivity contribution in [3.05, 3.63) is 30.1 Å². The molecule has 0 saturated heterocycles. The SMILES string of the molecule is [2H]N([C@@H](C(=O)N[C@H](C=O)CC(C)C)C(C)C)S(=O)(=O)c1ccc(F)cc1. The van der Waals surface area contributed by atoms with Crippen LogP contribution in [0.2, 0.25) is 1.41 Å². The topological polar surface area (TPSA) is 92.3 Å². The van der Waals surface area contributed by atoms with Crippen molar-refractivity contribution in [3.8, 4) is 0 Å². The lowest BCUT2D eigenvalue weighted by Gasteiger charge is -2.24. The molecule has 1 amide bonds. The summed E-state index contributed by atoms with van der Waals surface area (Å²) in [4.78, 5) is 23.4. The number of aldehydes is 1. The van der Waals surface area contributed by atoms with Crippen LogP contribution >= 0.6 is 0 Å². The highest BCUT2D eigenvalue weighted by molar-refractivity contribution is 7.89. The Hall–Kier alpha value is -1.80. The molecule has 6 nitrogen and oxygen atoms in total. The van der Waals surface area contributed by atoms with Gasteiger partial charge in [-0.3, -0.25) is 4.79 Å². The van der Waals surface area contributed by atoms with Crippen LogP contribution in [0.4, 0.5) is 4.39 Å². The van der Waals surface area contributed by atoms with E-state index < -0.39 is 39.7 Å². The van der Waals surface area contributed by atoms with Gasteiger partial charge in [0.1, 0.15) is 19.6 Å². The van der Waals surface area contributed by atoms with Crippen molar-refractivity contribution in [2.75, 3.05) is 0 Å². The lowest BCUT2D eigenvalue weighted by atomic mass is 10.0. The number of hydrogen-bond donors (Lipinski definition) is 2. The van der Waals surface area contributed by atoms with E-state index in [1.807, 2.05) is 13.8 Å². The van der Waals surface area contributed by atoms with E-state index in [4.69, 9.17) is 1.41 Å². The van der Waals surface area contributed by atoms with E-state index in [1.54, 1.807) is 13.8 Å². The normalized spacial score (nSPS) is 15.1. The number of benzene rings is 1. The number of amides is 1. The fourth-order valence-corrected chi connectivity index (χ4v) is 3.45. The van der Waals surface area contributed by atoms with Gasteiger partial charge in [-0.05, 0) is 42.5 Å². The smallest absolute Gasteiger partial charge is 0.241 e. The third kappa shape index (κ3) is 6.55. The van der Waals surface area contributed by atoms with E-state index >= 15 is 0 Å². The number of rotatable bonds is 9. The number of sulfonamides is 1. The van der Waals surface area contributed by atoms with Gasteiger partial charge in [0.2, 0.25) is 15.9 Å². The summed E-state index contributed by atoms with van der Waals surface area (Å²) >= 11 is 0. The second-order valence-electron chi connectivity index (χ2n) is 6.60. The van der Waals surface area contributed by atoms with Crippen LogP contribution in [0.15, 0.2) is 29.2 Å². The molecule has 0 fully saturated rings. The Morgan fingerprint density at radius 2 is 1.80 bits per heavy atom. The van der Waals surface area contributed by atoms with E-state index in [0.717, 1.165) is 24.3 Å². The molecule has 0 spiro atoms. The first-order valence-corrected chi connectivity index (χ1v) is 9.49. The summed E-state index contributed by atoms with van der Waals surface area (Å²) in [6, 6.07) is 1.92. The minimum Gasteiger partial charge on any atom is -0.345 e. The number of hydrogen-bond acceptors (Lipinski definition) is 4. The highest BCUT2D eigenvalue weighted by atomic mass is 32.2. The van der Waals surface area contributed by atoms with Crippen molar-refractivity contribution >= 4 is 22.2 Å². The van der Waals surface area contributed by atoms with Gasteiger partial charge >= 0.3 is 0 Å². The minimum absolute atomic E-state index is 0.151. The maximum Gasteiger partial charge on any atom is 0.241 e. The lowest BCUT2D eigenvalue weighted by molar-refractivity contribution is -0.126. The van der Waals surface area contributed by atoms with E-state index in [-0.39, 0.29) is 15.5 Å². The van der Waals surface area contributed by atoms with Crippen LogP contribution in [0.1, 0.15) is 34.1 Å². The molecule has 0 saturated carbocycles. The molecule has 1 aromatic rings. The molecule has 140 valence electrons. The van der Waals surface area contributed by atoms with Crippen molar-refractivity contribution in [2.24, 2.45) is 11.8 Å². The summed E-state index contributed by atoms with van der Waals surface area (Å²) in [6.07, 6.45) is 1.00. The van der Waals surface area contributed by atoms with E-state index in [1.165, 1.54) is 0 Å². The zero-order chi connectivity index (χ0) is 20.1. The number of carbonyl (C=O) groups is 2. The first kappa shape index (κ1) is 19.5. The third-order valence-corrected chi connectivity index (χ3v) is 4.85. The summed E-state index contributed by atoms with van der Waals surface area (Å²) < 4.78 is 46.5. The van der Waals surface area contributed by atoms with Gasteiger partial charge in [0.25, 0.3) is 0 Å². The van der Waals surface area contributed by atoms with Crippen LogP contribution < -0.4 is 10.0 Å². The summed E-state index contributed by atoms with van der Waals surface area (Å²) in [5.41, 5.74) is 0. The molecule has 2 atom stereocenters. The quantitative estimate of drug-likeness (QED) is 0.646. The van der Waals surface area contributed by atoms with Gasteiger partial charge in [-0.15, -0.1) is 0 Å². The zero-order valence-corrected chi connectivity index (χ0v) is 15.6. The zero-order valence-electron chi connectivity index (χ0n) is 15.8. The molecule has 0 aromatic heterocycles. The molecule has 0 aliphatic carbocycles. The molecule has 0 unspecified atom stereocenters. The first-order valence-electron chi connectivity index (χ1n) is 8.50. The summed E-state index contributed by atoms with van der Waals surface area (Å²) in [7, 11) is -4.33. The minimum atomic E-state index is -4.33. The van der Waals surface area contributed by atoms with Gasteiger partial charge in [-0.2, -0.15) is 4.72 Å². The molecule has 0 radical (unpaired) electrons. The van der Waals surface area contributed by atoms with Crippen LogP contribution in [0, 0.1) is 17.7 Å². The lowest BCUT2D eigenvalue weighted by Crippen LogP contribution is -2.52. The van der Waals surface area contributed by atoms with Crippen molar-refractivity contribution in [3.63, 3.8) is 0 Å². The van der Waals surface area contributed by atoms with Crippen LogP contribution in [-0.4, -0.2) is 32.7 Å². The molecule has 0 bridgehead atoms. The largest absolute Gasteiger partial charge is 0.345 e. The third-order valence-electron chi connectivity index (χ3n) is 3.48. The molecular weight excluding hydrogens is 347 g/mol. The first-order chi connectivity index (χ1) is 12.0. The Bertz CT molecular complexity index is 723. The Morgan fingerprint density at radius 3 is 2.24 bits per heavy atom. The fraction of sp³-hybridized carbons (Fsp3) is 0.529. The van der Waals surface area contributed by atoms with Crippen molar-refractivity contribution in [2.45, 2.75) is 51.1 Å². The fourth-order valence-electron chi connectivity index (χ4n) is 2.21. The van der Waals surface area contributed by atoms with Crippen LogP contribution in [-0.2, 0) is 19.6 Å². The number of halogens is 1. The van der Waals surface area contributed by atoms with Gasteiger partial charge in [-0.1, -0.05) is 27.7 Å². The Kier molecular flexibility index (Phi) is 7.07. The summed E-state index contributed by atoms with van der Waals surface area (Å²) in [5, 5.41) is 2.50. The maximum absolute atomic E-state index is 13.0. The highest BCUT2D eigenvalue weighted by Gasteiger charge is 2.29. The second-order valence-corrected chi connectivity index (χ2v) is 8.24. The Labute approximate surface area is 149 Å². The Morgan fingerprint density at radius 1 is 1.24 bits per heavy atom. The Balaban J connectivity index is 3.09. The molecule has 8 heteroatoms. The van der Waals surface area contributed by atoms with Gasteiger partial charge in [0, 0.05) is 0 Å². The second kappa shape index (κ2) is 9.05. The predicted octanol–water partition coefficient (Wildman–Crippen LogP) is 1.86. The molecule has 0 heterocycles. The van der Waals surface area contributed by atoms with Crippen LogP contribution in [0.3, 0.4) is 0 Å². The molecule has 2 N–H and O–H groups in total. The maximum atomic E-state index is 13.0. The summed E-state index contributed by atoms with van der Waals surface area (Å²) in [5.74, 6) is -1.70. The summed E-state index contributed by atoms with van der Waals surface area (Å²) in [6.45, 7) is 6.98. The van der Waals surface area contributed by atoms with E-state index in [0.29, 0.717) is 12.7 Å². The molecule has 1 aromatic carbocycles. The van der Waals surface area contributed by atoms with Gasteiger partial charge in [0.15, 0.2) is 0 Å². The monoisotopic (exact) mass is 373 g/mol. The molecule has 1 rings (SSSR count). The van der Waals surface area contributed by atoms with Crippen molar-refractivity contribution in [1.29, 1.82) is 0 Å². The number of nitrogens with one attached hydrogen (secondary N) is 2. The molecular formula is C17H25FN2O4S. The standard InChI is InChI=1S/C17H25FN2O4S/c1-11(2)9-14(10-21)19-17(22)16(12(3)4)20-25(23,24)15-7-5-13(18)6-8-15/h5-8,10-12,14,16,20H,9H2,1-4H3,(H,19,22)/t14-,16+/m0/s1/i/hD. The van der Waals surface area contributed by atoms with Crippen LogP contribution in [0.25, 0.3) is 0 Å². The van der Waals surface area contributed by atoms with Gasteiger partial charge in [-0.25, -0.2) is 12.8 Å². The molecule has 25 heavy (non-hydrogen) atoms. The number of carbonyl (C=O) groups excluding carboxylic acids is 2. The average molecular weight is 373 g/mol. The van der Waals surface area contributed by atoms with Gasteiger partial charge in [0.05, 0.1) is 10.9 Å². The van der Waals surface area contributed by atoms with Crippen molar-refractivity contribution < 1.29 is 23.8 Å². The van der Waals surface area contributed by atoms with Gasteiger partial charge < -0.3 is 10.1 Å². The van der Waals surface area contributed by atoms with E-state index in [2.05, 4.69) is 5.32 Å². The molecule has 0 aliphatic rings. The predicted molar refractivity (Wildman–Crippen MR) is 92.8 cm³/mol. The van der Waals surface area contributed by atoms with E-state index in [9.17, 15) is 22.4 Å². The van der Waals surface area contributed by atoms with Crippen molar-refractivity contribution in [1.82, 2.24) is 10.0 Å². The highest BCUT2D eigenvalue weighted by Crippen LogP contribution is 2.13.